The van der Waals surface area contributed by atoms with Crippen LogP contribution >= 0.6 is 0 Å². The van der Waals surface area contributed by atoms with Crippen LogP contribution in [0.25, 0.3) is 0 Å². The second-order valence-electron chi connectivity index (χ2n) is 6.12. The highest BCUT2D eigenvalue weighted by atomic mass is 15.2. The van der Waals surface area contributed by atoms with Crippen LogP contribution < -0.4 is 5.32 Å². The molecule has 0 aliphatic carbocycles. The van der Waals surface area contributed by atoms with Crippen molar-refractivity contribution < 1.29 is 0 Å². The van der Waals surface area contributed by atoms with Gasteiger partial charge >= 0.3 is 0 Å². The van der Waals surface area contributed by atoms with Crippen LogP contribution in [0, 0.1) is 5.41 Å². The first kappa shape index (κ1) is 12.4. The number of nitrogens with one attached hydrogen (secondary N) is 1. The Hall–Kier alpha value is -0.0800. The summed E-state index contributed by atoms with van der Waals surface area (Å²) in [5.41, 5.74) is 0.531. The number of hydrogen-bond donors (Lipinski definition) is 1. The standard InChI is InChI=1S/C14H28N2/c1-3-13-7-4-5-10-16(13)12-14(2)8-6-9-15-11-14/h13,15H,3-12H2,1-2H3. The molecule has 2 aliphatic heterocycles. The van der Waals surface area contributed by atoms with Crippen molar-refractivity contribution in [3.05, 3.63) is 0 Å². The highest BCUT2D eigenvalue weighted by Crippen LogP contribution is 2.30. The van der Waals surface area contributed by atoms with Crippen molar-refractivity contribution in [1.29, 1.82) is 0 Å². The van der Waals surface area contributed by atoms with Crippen molar-refractivity contribution in [2.24, 2.45) is 5.41 Å². The second kappa shape index (κ2) is 5.50. The molecule has 2 unspecified atom stereocenters. The lowest BCUT2D eigenvalue weighted by Crippen LogP contribution is -2.50. The van der Waals surface area contributed by atoms with E-state index in [1.807, 2.05) is 0 Å². The molecule has 2 nitrogen and oxygen atoms in total. The fourth-order valence-electron chi connectivity index (χ4n) is 3.47. The van der Waals surface area contributed by atoms with Crippen molar-refractivity contribution in [3.63, 3.8) is 0 Å². The minimum Gasteiger partial charge on any atom is -0.316 e. The van der Waals surface area contributed by atoms with Gasteiger partial charge in [-0.1, -0.05) is 20.3 Å². The smallest absolute Gasteiger partial charge is 0.00928 e. The molecule has 94 valence electrons. The van der Waals surface area contributed by atoms with Crippen LogP contribution in [0.4, 0.5) is 0 Å². The maximum absolute atomic E-state index is 3.57. The van der Waals surface area contributed by atoms with Gasteiger partial charge in [-0.3, -0.25) is 4.90 Å². The fraction of sp³-hybridized carbons (Fsp3) is 1.00. The van der Waals surface area contributed by atoms with E-state index in [9.17, 15) is 0 Å². The number of piperidine rings is 2. The van der Waals surface area contributed by atoms with Crippen LogP contribution in [0.1, 0.15) is 52.4 Å². The Morgan fingerprint density at radius 3 is 2.88 bits per heavy atom. The number of rotatable bonds is 3. The quantitative estimate of drug-likeness (QED) is 0.793. The third-order valence-corrected chi connectivity index (χ3v) is 4.49. The topological polar surface area (TPSA) is 15.3 Å². The van der Waals surface area contributed by atoms with Crippen LogP contribution in [-0.4, -0.2) is 37.1 Å². The first-order valence-corrected chi connectivity index (χ1v) is 7.18. The largest absolute Gasteiger partial charge is 0.316 e. The summed E-state index contributed by atoms with van der Waals surface area (Å²) >= 11 is 0. The van der Waals surface area contributed by atoms with Crippen LogP contribution in [0.5, 0.6) is 0 Å². The van der Waals surface area contributed by atoms with E-state index in [0.717, 1.165) is 6.04 Å². The third kappa shape index (κ3) is 2.98. The lowest BCUT2D eigenvalue weighted by atomic mass is 9.81. The zero-order valence-electron chi connectivity index (χ0n) is 11.1. The average Bonchev–Trinajstić information content (AvgIpc) is 2.30. The van der Waals surface area contributed by atoms with E-state index in [1.54, 1.807) is 0 Å². The van der Waals surface area contributed by atoms with Crippen molar-refractivity contribution in [1.82, 2.24) is 10.2 Å². The molecule has 0 saturated carbocycles. The van der Waals surface area contributed by atoms with Crippen LogP contribution in [-0.2, 0) is 0 Å². The summed E-state index contributed by atoms with van der Waals surface area (Å²) in [6.45, 7) is 9.93. The third-order valence-electron chi connectivity index (χ3n) is 4.49. The average molecular weight is 224 g/mol. The van der Waals surface area contributed by atoms with Gasteiger partial charge < -0.3 is 5.32 Å². The summed E-state index contributed by atoms with van der Waals surface area (Å²) in [7, 11) is 0. The van der Waals surface area contributed by atoms with Crippen molar-refractivity contribution in [2.45, 2.75) is 58.4 Å². The number of hydrogen-bond acceptors (Lipinski definition) is 2. The van der Waals surface area contributed by atoms with Crippen LogP contribution in [0.15, 0.2) is 0 Å². The Balaban J connectivity index is 1.90. The van der Waals surface area contributed by atoms with Crippen molar-refractivity contribution >= 4 is 0 Å². The van der Waals surface area contributed by atoms with Crippen LogP contribution in [0.3, 0.4) is 0 Å². The van der Waals surface area contributed by atoms with Gasteiger partial charge in [0.05, 0.1) is 0 Å². The monoisotopic (exact) mass is 224 g/mol. The van der Waals surface area contributed by atoms with Gasteiger partial charge in [-0.15, -0.1) is 0 Å². The minimum atomic E-state index is 0.531. The molecular formula is C14H28N2. The van der Waals surface area contributed by atoms with Crippen molar-refractivity contribution in [2.75, 3.05) is 26.2 Å². The second-order valence-corrected chi connectivity index (χ2v) is 6.12. The molecule has 2 rings (SSSR count). The highest BCUT2D eigenvalue weighted by Gasteiger charge is 2.32. The zero-order valence-corrected chi connectivity index (χ0v) is 11.1. The van der Waals surface area contributed by atoms with E-state index in [2.05, 4.69) is 24.1 Å². The molecule has 2 heterocycles. The molecule has 0 aromatic carbocycles. The lowest BCUT2D eigenvalue weighted by molar-refractivity contribution is 0.0717. The molecule has 0 radical (unpaired) electrons. The van der Waals surface area contributed by atoms with E-state index in [1.165, 1.54) is 64.7 Å². The Bertz CT molecular complexity index is 209. The lowest BCUT2D eigenvalue weighted by Gasteiger charge is -2.43. The summed E-state index contributed by atoms with van der Waals surface area (Å²) in [6, 6.07) is 0.868. The summed E-state index contributed by atoms with van der Waals surface area (Å²) < 4.78 is 0. The first-order valence-electron chi connectivity index (χ1n) is 7.18. The molecule has 2 aliphatic rings. The molecular weight excluding hydrogens is 196 g/mol. The Kier molecular flexibility index (Phi) is 4.26. The fourth-order valence-corrected chi connectivity index (χ4v) is 3.47. The predicted molar refractivity (Wildman–Crippen MR) is 69.7 cm³/mol. The van der Waals surface area contributed by atoms with E-state index in [4.69, 9.17) is 0 Å². The Labute approximate surface area is 101 Å². The minimum absolute atomic E-state index is 0.531. The molecule has 2 heteroatoms. The molecule has 16 heavy (non-hydrogen) atoms. The van der Waals surface area contributed by atoms with E-state index in [0.29, 0.717) is 5.41 Å². The summed E-state index contributed by atoms with van der Waals surface area (Å²) in [5.74, 6) is 0. The van der Waals surface area contributed by atoms with E-state index >= 15 is 0 Å². The van der Waals surface area contributed by atoms with Crippen LogP contribution in [0.2, 0.25) is 0 Å². The maximum Gasteiger partial charge on any atom is 0.00928 e. The predicted octanol–water partition coefficient (Wildman–Crippen LogP) is 2.64. The Morgan fingerprint density at radius 1 is 1.31 bits per heavy atom. The zero-order chi connectivity index (χ0) is 11.4. The van der Waals surface area contributed by atoms with E-state index in [-0.39, 0.29) is 0 Å². The molecule has 0 aromatic heterocycles. The maximum atomic E-state index is 3.57. The normalized spacial score (nSPS) is 37.5. The molecule has 2 atom stereocenters. The number of likely N-dealkylation sites (tertiary alicyclic amines) is 1. The first-order chi connectivity index (χ1) is 7.73. The van der Waals surface area contributed by atoms with Gasteiger partial charge in [-0.25, -0.2) is 0 Å². The Morgan fingerprint density at radius 2 is 2.19 bits per heavy atom. The SMILES string of the molecule is CCC1CCCCN1CC1(C)CCCNC1. The number of nitrogens with zero attached hydrogens (tertiary/aromatic N) is 1. The van der Waals surface area contributed by atoms with Crippen molar-refractivity contribution in [3.8, 4) is 0 Å². The van der Waals surface area contributed by atoms with Gasteiger partial charge in [-0.05, 0) is 50.6 Å². The summed E-state index contributed by atoms with van der Waals surface area (Å²) in [4.78, 5) is 2.77. The van der Waals surface area contributed by atoms with Gasteiger partial charge in [0.2, 0.25) is 0 Å². The van der Waals surface area contributed by atoms with Gasteiger partial charge in [0, 0.05) is 19.1 Å². The summed E-state index contributed by atoms with van der Waals surface area (Å²) in [6.07, 6.45) is 8.40. The highest BCUT2D eigenvalue weighted by molar-refractivity contribution is 4.87. The molecule has 0 bridgehead atoms. The molecule has 2 saturated heterocycles. The molecule has 0 spiro atoms. The summed E-state index contributed by atoms with van der Waals surface area (Å²) in [5, 5.41) is 3.57. The molecule has 2 fully saturated rings. The van der Waals surface area contributed by atoms with Gasteiger partial charge in [-0.2, -0.15) is 0 Å². The van der Waals surface area contributed by atoms with E-state index < -0.39 is 0 Å². The molecule has 0 aromatic rings. The van der Waals surface area contributed by atoms with Gasteiger partial charge in [0.1, 0.15) is 0 Å². The molecule has 0 amide bonds. The molecule has 1 N–H and O–H groups in total. The van der Waals surface area contributed by atoms with Gasteiger partial charge in [0.15, 0.2) is 0 Å². The van der Waals surface area contributed by atoms with Gasteiger partial charge in [0.25, 0.3) is 0 Å².